The van der Waals surface area contributed by atoms with Crippen LogP contribution < -0.4 is 19.6 Å². The minimum absolute atomic E-state index is 0.297. The first-order valence-electron chi connectivity index (χ1n) is 10.4. The Morgan fingerprint density at radius 3 is 2.24 bits per heavy atom. The molecular formula is C27H22N2O5. The third-order valence-electron chi connectivity index (χ3n) is 5.15. The number of ether oxygens (including phenoxy) is 3. The molecule has 0 aliphatic heterocycles. The molecule has 0 aliphatic carbocycles. The molecule has 0 heterocycles. The second-order valence-electron chi connectivity index (χ2n) is 7.22. The molecule has 0 radical (unpaired) electrons. The van der Waals surface area contributed by atoms with Crippen molar-refractivity contribution < 1.29 is 23.8 Å². The Balaban J connectivity index is 1.63. The summed E-state index contributed by atoms with van der Waals surface area (Å²) in [6.07, 6.45) is 1.47. The Labute approximate surface area is 196 Å². The molecule has 0 aliphatic rings. The van der Waals surface area contributed by atoms with Gasteiger partial charge in [-0.15, -0.1) is 0 Å². The van der Waals surface area contributed by atoms with Crippen LogP contribution >= 0.6 is 0 Å². The lowest BCUT2D eigenvalue weighted by Gasteiger charge is -2.12. The van der Waals surface area contributed by atoms with Crippen LogP contribution in [-0.4, -0.2) is 32.3 Å². The SMILES string of the molecule is COc1ccc(C(=O)Oc2ccc3ccccc3c2/C=N\NC(=O)c2ccccc2)cc1OC. The summed E-state index contributed by atoms with van der Waals surface area (Å²) in [5.74, 6) is 0.309. The Morgan fingerprint density at radius 1 is 0.765 bits per heavy atom. The molecule has 0 spiro atoms. The molecule has 0 unspecified atom stereocenters. The van der Waals surface area contributed by atoms with Crippen molar-refractivity contribution >= 4 is 28.9 Å². The lowest BCUT2D eigenvalue weighted by Crippen LogP contribution is -2.17. The van der Waals surface area contributed by atoms with E-state index < -0.39 is 5.97 Å². The Morgan fingerprint density at radius 2 is 1.47 bits per heavy atom. The van der Waals surface area contributed by atoms with Gasteiger partial charge < -0.3 is 14.2 Å². The van der Waals surface area contributed by atoms with Gasteiger partial charge in [0.05, 0.1) is 26.0 Å². The highest BCUT2D eigenvalue weighted by Crippen LogP contribution is 2.30. The quantitative estimate of drug-likeness (QED) is 0.187. The number of rotatable bonds is 7. The first kappa shape index (κ1) is 22.5. The van der Waals surface area contributed by atoms with Gasteiger partial charge in [-0.1, -0.05) is 48.5 Å². The van der Waals surface area contributed by atoms with Crippen molar-refractivity contribution in [3.8, 4) is 17.2 Å². The largest absolute Gasteiger partial charge is 0.493 e. The molecule has 0 fully saturated rings. The van der Waals surface area contributed by atoms with Crippen LogP contribution in [0.4, 0.5) is 0 Å². The zero-order valence-electron chi connectivity index (χ0n) is 18.6. The number of nitrogens with zero attached hydrogens (tertiary/aromatic N) is 1. The fourth-order valence-electron chi connectivity index (χ4n) is 3.43. The van der Waals surface area contributed by atoms with Crippen LogP contribution in [0.15, 0.2) is 90.0 Å². The summed E-state index contributed by atoms with van der Waals surface area (Å²) in [7, 11) is 3.02. The number of carbonyl (C=O) groups excluding carboxylic acids is 2. The molecule has 34 heavy (non-hydrogen) atoms. The second-order valence-corrected chi connectivity index (χ2v) is 7.22. The van der Waals surface area contributed by atoms with Gasteiger partial charge in [0, 0.05) is 11.1 Å². The number of carbonyl (C=O) groups is 2. The van der Waals surface area contributed by atoms with Gasteiger partial charge in [-0.05, 0) is 47.2 Å². The van der Waals surface area contributed by atoms with Crippen LogP contribution in [0, 0.1) is 0 Å². The number of nitrogens with one attached hydrogen (secondary N) is 1. The lowest BCUT2D eigenvalue weighted by molar-refractivity contribution is 0.0734. The van der Waals surface area contributed by atoms with Crippen LogP contribution in [0.2, 0.25) is 0 Å². The molecule has 4 rings (SSSR count). The first-order chi connectivity index (χ1) is 16.6. The topological polar surface area (TPSA) is 86.2 Å². The van der Waals surface area contributed by atoms with E-state index in [4.69, 9.17) is 14.2 Å². The summed E-state index contributed by atoms with van der Waals surface area (Å²) >= 11 is 0. The van der Waals surface area contributed by atoms with Crippen molar-refractivity contribution in [1.82, 2.24) is 5.43 Å². The van der Waals surface area contributed by atoms with Crippen molar-refractivity contribution in [2.45, 2.75) is 0 Å². The van der Waals surface area contributed by atoms with Crippen molar-refractivity contribution in [1.29, 1.82) is 0 Å². The molecular weight excluding hydrogens is 432 g/mol. The summed E-state index contributed by atoms with van der Waals surface area (Å²) in [6, 6.07) is 24.7. The number of hydrogen-bond donors (Lipinski definition) is 1. The predicted molar refractivity (Wildman–Crippen MR) is 130 cm³/mol. The van der Waals surface area contributed by atoms with Crippen molar-refractivity contribution in [3.63, 3.8) is 0 Å². The van der Waals surface area contributed by atoms with Crippen molar-refractivity contribution in [2.75, 3.05) is 14.2 Å². The average molecular weight is 454 g/mol. The maximum absolute atomic E-state index is 12.9. The van der Waals surface area contributed by atoms with Crippen LogP contribution in [0.3, 0.4) is 0 Å². The van der Waals surface area contributed by atoms with E-state index in [0.717, 1.165) is 10.8 Å². The number of benzene rings is 4. The van der Waals surface area contributed by atoms with E-state index in [1.807, 2.05) is 36.4 Å². The molecule has 0 aromatic heterocycles. The number of esters is 1. The number of methoxy groups -OCH3 is 2. The van der Waals surface area contributed by atoms with E-state index in [1.165, 1.54) is 20.4 Å². The molecule has 170 valence electrons. The van der Waals surface area contributed by atoms with Crippen LogP contribution in [0.5, 0.6) is 17.2 Å². The summed E-state index contributed by atoms with van der Waals surface area (Å²) in [5.41, 5.74) is 3.85. The minimum Gasteiger partial charge on any atom is -0.493 e. The molecule has 1 amide bonds. The van der Waals surface area contributed by atoms with Gasteiger partial charge >= 0.3 is 5.97 Å². The van der Waals surface area contributed by atoms with E-state index in [1.54, 1.807) is 48.5 Å². The molecule has 0 saturated heterocycles. The van der Waals surface area contributed by atoms with Gasteiger partial charge in [0.25, 0.3) is 5.91 Å². The van der Waals surface area contributed by atoms with Gasteiger partial charge in [-0.3, -0.25) is 4.79 Å². The third kappa shape index (κ3) is 4.88. The summed E-state index contributed by atoms with van der Waals surface area (Å²) < 4.78 is 16.2. The van der Waals surface area contributed by atoms with Crippen LogP contribution in [0.1, 0.15) is 26.3 Å². The number of hydrazone groups is 1. The van der Waals surface area contributed by atoms with E-state index in [-0.39, 0.29) is 5.91 Å². The predicted octanol–water partition coefficient (Wildman–Crippen LogP) is 4.84. The fraction of sp³-hybridized carbons (Fsp3) is 0.0741. The maximum Gasteiger partial charge on any atom is 0.343 e. The Bertz CT molecular complexity index is 1370. The number of fused-ring (bicyclic) bond motifs is 1. The molecule has 1 N–H and O–H groups in total. The Hall–Kier alpha value is -4.65. The summed E-state index contributed by atoms with van der Waals surface area (Å²) in [4.78, 5) is 25.2. The molecule has 0 bridgehead atoms. The highest BCUT2D eigenvalue weighted by atomic mass is 16.5. The highest BCUT2D eigenvalue weighted by molar-refractivity contribution is 6.04. The van der Waals surface area contributed by atoms with Crippen LogP contribution in [-0.2, 0) is 0 Å². The standard InChI is InChI=1S/C27H22N2O5/c1-32-24-15-13-20(16-25(24)33-2)27(31)34-23-14-12-18-8-6-7-11-21(18)22(23)17-28-29-26(30)19-9-4-3-5-10-19/h3-17H,1-2H3,(H,29,30)/b28-17-. The van der Waals surface area contributed by atoms with Gasteiger partial charge in [0.15, 0.2) is 11.5 Å². The molecule has 4 aromatic rings. The highest BCUT2D eigenvalue weighted by Gasteiger charge is 2.16. The van der Waals surface area contributed by atoms with Crippen molar-refractivity contribution in [2.24, 2.45) is 5.10 Å². The minimum atomic E-state index is -0.570. The van der Waals surface area contributed by atoms with Gasteiger partial charge in [0.2, 0.25) is 0 Å². The zero-order valence-corrected chi connectivity index (χ0v) is 18.6. The lowest BCUT2D eigenvalue weighted by atomic mass is 10.0. The maximum atomic E-state index is 12.9. The third-order valence-corrected chi connectivity index (χ3v) is 5.15. The second kappa shape index (κ2) is 10.3. The summed E-state index contributed by atoms with van der Waals surface area (Å²) in [5, 5.41) is 5.86. The van der Waals surface area contributed by atoms with Gasteiger partial charge in [0.1, 0.15) is 5.75 Å². The molecule has 0 saturated carbocycles. The van der Waals surface area contributed by atoms with E-state index in [0.29, 0.717) is 33.9 Å². The smallest absolute Gasteiger partial charge is 0.343 e. The summed E-state index contributed by atoms with van der Waals surface area (Å²) in [6.45, 7) is 0. The molecule has 0 atom stereocenters. The van der Waals surface area contributed by atoms with E-state index in [9.17, 15) is 9.59 Å². The molecule has 7 heteroatoms. The monoisotopic (exact) mass is 454 g/mol. The number of hydrogen-bond acceptors (Lipinski definition) is 6. The fourth-order valence-corrected chi connectivity index (χ4v) is 3.43. The van der Waals surface area contributed by atoms with Gasteiger partial charge in [-0.25, -0.2) is 10.2 Å². The average Bonchev–Trinajstić information content (AvgIpc) is 2.89. The van der Waals surface area contributed by atoms with Gasteiger partial charge in [-0.2, -0.15) is 5.10 Å². The van der Waals surface area contributed by atoms with Crippen molar-refractivity contribution in [3.05, 3.63) is 102 Å². The molecule has 4 aromatic carbocycles. The van der Waals surface area contributed by atoms with E-state index in [2.05, 4.69) is 10.5 Å². The van der Waals surface area contributed by atoms with Crippen LogP contribution in [0.25, 0.3) is 10.8 Å². The van der Waals surface area contributed by atoms with E-state index >= 15 is 0 Å². The zero-order chi connectivity index (χ0) is 23.9. The normalized spacial score (nSPS) is 10.8. The molecule has 7 nitrogen and oxygen atoms in total. The first-order valence-corrected chi connectivity index (χ1v) is 10.4. The number of amides is 1. The Kier molecular flexibility index (Phi) is 6.84.